The van der Waals surface area contributed by atoms with Crippen LogP contribution in [0, 0.1) is 0 Å². The highest BCUT2D eigenvalue weighted by atomic mass is 16.5. The maximum absolute atomic E-state index is 12.3. The Morgan fingerprint density at radius 1 is 1.07 bits per heavy atom. The predicted molar refractivity (Wildman–Crippen MR) is 102 cm³/mol. The summed E-state index contributed by atoms with van der Waals surface area (Å²) in [7, 11) is 1.56. The van der Waals surface area contributed by atoms with Gasteiger partial charge in [-0.05, 0) is 6.07 Å². The second kappa shape index (κ2) is 7.48. The summed E-state index contributed by atoms with van der Waals surface area (Å²) in [6, 6.07) is 18.4. The molecule has 0 atom stereocenters. The maximum Gasteiger partial charge on any atom is 0.312 e. The minimum Gasteiger partial charge on any atom is -0.457 e. The first-order chi connectivity index (χ1) is 13.6. The van der Waals surface area contributed by atoms with E-state index in [4.69, 9.17) is 9.26 Å². The van der Waals surface area contributed by atoms with E-state index in [9.17, 15) is 9.59 Å². The van der Waals surface area contributed by atoms with Crippen molar-refractivity contribution in [3.63, 3.8) is 0 Å². The quantitative estimate of drug-likeness (QED) is 0.499. The molecule has 0 bridgehead atoms. The third-order valence-corrected chi connectivity index (χ3v) is 4.35. The molecule has 7 heteroatoms. The lowest BCUT2D eigenvalue weighted by atomic mass is 10.1. The molecule has 4 rings (SSSR count). The largest absolute Gasteiger partial charge is 0.457 e. The number of rotatable bonds is 5. The average Bonchev–Trinajstić information content (AvgIpc) is 3.20. The molecular formula is C21H17N3O4. The highest BCUT2D eigenvalue weighted by molar-refractivity contribution is 5.86. The number of fused-ring (bicyclic) bond motifs is 1. The summed E-state index contributed by atoms with van der Waals surface area (Å²) in [5.74, 6) is -0.0144. The van der Waals surface area contributed by atoms with Crippen LogP contribution in [0.4, 0.5) is 0 Å². The molecule has 140 valence electrons. The van der Waals surface area contributed by atoms with Crippen molar-refractivity contribution in [3.05, 3.63) is 82.5 Å². The molecule has 0 fully saturated rings. The molecule has 7 nitrogen and oxygen atoms in total. The van der Waals surface area contributed by atoms with E-state index in [1.807, 2.05) is 30.3 Å². The van der Waals surface area contributed by atoms with Crippen LogP contribution in [0.15, 0.2) is 70.0 Å². The molecule has 0 aliphatic rings. The van der Waals surface area contributed by atoms with Gasteiger partial charge in [-0.1, -0.05) is 53.7 Å². The van der Waals surface area contributed by atoms with Crippen LogP contribution in [0.25, 0.3) is 22.0 Å². The third-order valence-electron chi connectivity index (χ3n) is 4.35. The molecule has 2 heterocycles. The van der Waals surface area contributed by atoms with Gasteiger partial charge in [0.25, 0.3) is 5.56 Å². The van der Waals surface area contributed by atoms with E-state index in [1.165, 1.54) is 4.68 Å². The van der Waals surface area contributed by atoms with Gasteiger partial charge in [0.15, 0.2) is 12.4 Å². The monoisotopic (exact) mass is 375 g/mol. The van der Waals surface area contributed by atoms with Crippen LogP contribution in [-0.4, -0.2) is 20.9 Å². The highest BCUT2D eigenvalue weighted by Gasteiger charge is 2.14. The zero-order valence-corrected chi connectivity index (χ0v) is 15.2. The lowest BCUT2D eigenvalue weighted by molar-refractivity contribution is -0.144. The smallest absolute Gasteiger partial charge is 0.312 e. The van der Waals surface area contributed by atoms with E-state index < -0.39 is 5.97 Å². The van der Waals surface area contributed by atoms with E-state index in [0.29, 0.717) is 27.9 Å². The molecular weight excluding hydrogens is 358 g/mol. The van der Waals surface area contributed by atoms with Crippen LogP contribution in [-0.2, 0) is 29.6 Å². The molecule has 0 aliphatic carbocycles. The molecule has 0 saturated heterocycles. The van der Waals surface area contributed by atoms with Gasteiger partial charge < -0.3 is 9.26 Å². The number of hydrogen-bond acceptors (Lipinski definition) is 6. The molecule has 0 aliphatic heterocycles. The SMILES string of the molecule is Cn1nc(CC(=O)OCc2cc(-c3ccccc3)no2)c2ccccc2c1=O. The number of hydrogen-bond donors (Lipinski definition) is 0. The number of carbonyl (C=O) groups excluding carboxylic acids is 1. The zero-order valence-electron chi connectivity index (χ0n) is 15.2. The van der Waals surface area contributed by atoms with Crippen LogP contribution in [0.1, 0.15) is 11.5 Å². The van der Waals surface area contributed by atoms with E-state index in [-0.39, 0.29) is 18.6 Å². The van der Waals surface area contributed by atoms with Crippen molar-refractivity contribution in [2.24, 2.45) is 7.05 Å². The van der Waals surface area contributed by atoms with Crippen LogP contribution in [0.5, 0.6) is 0 Å². The van der Waals surface area contributed by atoms with Gasteiger partial charge in [0.05, 0.1) is 17.5 Å². The molecule has 4 aromatic rings. The Kier molecular flexibility index (Phi) is 4.72. The molecule has 2 aromatic heterocycles. The molecule has 0 saturated carbocycles. The topological polar surface area (TPSA) is 87.2 Å². The summed E-state index contributed by atoms with van der Waals surface area (Å²) in [5.41, 5.74) is 1.88. The number of aromatic nitrogens is 3. The Balaban J connectivity index is 1.46. The summed E-state index contributed by atoms with van der Waals surface area (Å²) in [4.78, 5) is 24.5. The number of ether oxygens (including phenoxy) is 1. The summed E-state index contributed by atoms with van der Waals surface area (Å²) in [6.45, 7) is -0.0254. The fraction of sp³-hybridized carbons (Fsp3) is 0.143. The fourth-order valence-electron chi connectivity index (χ4n) is 2.97. The second-order valence-corrected chi connectivity index (χ2v) is 6.30. The van der Waals surface area contributed by atoms with Crippen LogP contribution < -0.4 is 5.56 Å². The van der Waals surface area contributed by atoms with Crippen molar-refractivity contribution < 1.29 is 14.1 Å². The van der Waals surface area contributed by atoms with Crippen LogP contribution >= 0.6 is 0 Å². The number of carbonyl (C=O) groups is 1. The van der Waals surface area contributed by atoms with Crippen LogP contribution in [0.2, 0.25) is 0 Å². The first-order valence-corrected chi connectivity index (χ1v) is 8.73. The third kappa shape index (κ3) is 3.55. The average molecular weight is 375 g/mol. The Morgan fingerprint density at radius 3 is 2.57 bits per heavy atom. The van der Waals surface area contributed by atoms with E-state index in [1.54, 1.807) is 37.4 Å². The van der Waals surface area contributed by atoms with Crippen LogP contribution in [0.3, 0.4) is 0 Å². The molecule has 28 heavy (non-hydrogen) atoms. The van der Waals surface area contributed by atoms with Crippen molar-refractivity contribution in [1.29, 1.82) is 0 Å². The van der Waals surface area contributed by atoms with E-state index >= 15 is 0 Å². The van der Waals surface area contributed by atoms with Crippen molar-refractivity contribution in [2.45, 2.75) is 13.0 Å². The molecule has 2 aromatic carbocycles. The lowest BCUT2D eigenvalue weighted by Crippen LogP contribution is -2.22. The van der Waals surface area contributed by atoms with Crippen molar-refractivity contribution in [3.8, 4) is 11.3 Å². The fourth-order valence-corrected chi connectivity index (χ4v) is 2.97. The summed E-state index contributed by atoms with van der Waals surface area (Å²) in [6.07, 6.45) is -0.0473. The molecule has 0 unspecified atom stereocenters. The predicted octanol–water partition coefficient (Wildman–Crippen LogP) is 2.87. The first kappa shape index (κ1) is 17.7. The zero-order chi connectivity index (χ0) is 19.5. The lowest BCUT2D eigenvalue weighted by Gasteiger charge is -2.07. The molecule has 0 N–H and O–H groups in total. The van der Waals surface area contributed by atoms with Gasteiger partial charge >= 0.3 is 5.97 Å². The minimum atomic E-state index is -0.464. The Hall–Kier alpha value is -3.74. The van der Waals surface area contributed by atoms with E-state index in [0.717, 1.165) is 5.56 Å². The van der Waals surface area contributed by atoms with Crippen molar-refractivity contribution in [2.75, 3.05) is 0 Å². The van der Waals surface area contributed by atoms with Gasteiger partial charge in [0, 0.05) is 24.1 Å². The van der Waals surface area contributed by atoms with Gasteiger partial charge in [-0.3, -0.25) is 9.59 Å². The Labute approximate surface area is 160 Å². The Morgan fingerprint density at radius 2 is 1.79 bits per heavy atom. The second-order valence-electron chi connectivity index (χ2n) is 6.30. The normalized spacial score (nSPS) is 10.9. The summed E-state index contributed by atoms with van der Waals surface area (Å²) < 4.78 is 11.8. The first-order valence-electron chi connectivity index (χ1n) is 8.73. The molecule has 0 radical (unpaired) electrons. The van der Waals surface area contributed by atoms with Crippen molar-refractivity contribution in [1.82, 2.24) is 14.9 Å². The number of aryl methyl sites for hydroxylation is 1. The summed E-state index contributed by atoms with van der Waals surface area (Å²) in [5, 5.41) is 9.37. The van der Waals surface area contributed by atoms with Crippen molar-refractivity contribution >= 4 is 16.7 Å². The van der Waals surface area contributed by atoms with Gasteiger partial charge in [-0.2, -0.15) is 5.10 Å². The van der Waals surface area contributed by atoms with E-state index in [2.05, 4.69) is 10.3 Å². The minimum absolute atomic E-state index is 0.0254. The van der Waals surface area contributed by atoms with Gasteiger partial charge in [-0.15, -0.1) is 0 Å². The standard InChI is InChI=1S/C21H17N3O4/c1-24-21(26)17-10-6-5-9-16(17)19(22-24)12-20(25)27-13-15-11-18(23-28-15)14-7-3-2-4-8-14/h2-11H,12-13H2,1H3. The highest BCUT2D eigenvalue weighted by Crippen LogP contribution is 2.19. The number of esters is 1. The van der Waals surface area contributed by atoms with Gasteiger partial charge in [0.1, 0.15) is 5.69 Å². The Bertz CT molecular complexity index is 1200. The number of benzene rings is 2. The number of nitrogens with zero attached hydrogens (tertiary/aromatic N) is 3. The molecule has 0 spiro atoms. The summed E-state index contributed by atoms with van der Waals surface area (Å²) >= 11 is 0. The van der Waals surface area contributed by atoms with Gasteiger partial charge in [-0.25, -0.2) is 4.68 Å². The van der Waals surface area contributed by atoms with Gasteiger partial charge in [0.2, 0.25) is 0 Å². The maximum atomic E-state index is 12.3. The molecule has 0 amide bonds.